The minimum atomic E-state index is 0.149. The topological polar surface area (TPSA) is 86.3 Å². The van der Waals surface area contributed by atoms with Crippen LogP contribution < -0.4 is 10.6 Å². The highest BCUT2D eigenvalue weighted by atomic mass is 32.2. The zero-order valence-electron chi connectivity index (χ0n) is 15.2. The van der Waals surface area contributed by atoms with Crippen LogP contribution in [0.1, 0.15) is 32.6 Å². The van der Waals surface area contributed by atoms with Crippen molar-refractivity contribution in [3.63, 3.8) is 0 Å². The quantitative estimate of drug-likeness (QED) is 0.617. The zero-order chi connectivity index (χ0) is 18.5. The van der Waals surface area contributed by atoms with Crippen molar-refractivity contribution in [3.05, 3.63) is 24.3 Å². The molecule has 7 nitrogen and oxygen atoms in total. The van der Waals surface area contributed by atoms with Crippen molar-refractivity contribution in [2.24, 2.45) is 0 Å². The molecule has 0 radical (unpaired) electrons. The van der Waals surface area contributed by atoms with Crippen molar-refractivity contribution in [1.82, 2.24) is 19.8 Å². The van der Waals surface area contributed by atoms with E-state index >= 15 is 0 Å². The molecular weight excluding hydrogens is 350 g/mol. The fourth-order valence-electron chi connectivity index (χ4n) is 3.27. The second kappa shape index (κ2) is 8.44. The molecule has 1 aliphatic heterocycles. The van der Waals surface area contributed by atoms with Gasteiger partial charge in [0.05, 0.1) is 12.9 Å². The number of carbonyl (C=O) groups is 1. The SMILES string of the molecule is CC[C@H]1CCCCN1C(=O)CSc1nnc(-c2ccc(OC)cc2)n1N. The third-order valence-electron chi connectivity index (χ3n) is 4.76. The lowest BCUT2D eigenvalue weighted by Gasteiger charge is -2.35. The number of carbonyl (C=O) groups excluding carboxylic acids is 1. The second-order valence-corrected chi connectivity index (χ2v) is 7.28. The number of piperidine rings is 1. The summed E-state index contributed by atoms with van der Waals surface area (Å²) < 4.78 is 6.60. The van der Waals surface area contributed by atoms with Gasteiger partial charge in [0.15, 0.2) is 5.82 Å². The molecule has 3 rings (SSSR count). The van der Waals surface area contributed by atoms with Gasteiger partial charge < -0.3 is 15.5 Å². The third-order valence-corrected chi connectivity index (χ3v) is 5.68. The van der Waals surface area contributed by atoms with Gasteiger partial charge in [-0.15, -0.1) is 10.2 Å². The molecule has 1 aromatic heterocycles. The molecule has 1 amide bonds. The molecule has 0 aliphatic carbocycles. The van der Waals surface area contributed by atoms with Gasteiger partial charge in [0.2, 0.25) is 11.1 Å². The number of ether oxygens (including phenoxy) is 1. The van der Waals surface area contributed by atoms with Crippen molar-refractivity contribution < 1.29 is 9.53 Å². The number of likely N-dealkylation sites (tertiary alicyclic amines) is 1. The Hall–Kier alpha value is -2.22. The molecule has 8 heteroatoms. The number of nitrogens with two attached hydrogens (primary N) is 1. The van der Waals surface area contributed by atoms with E-state index in [1.165, 1.54) is 22.9 Å². The van der Waals surface area contributed by atoms with Gasteiger partial charge in [0, 0.05) is 18.2 Å². The monoisotopic (exact) mass is 375 g/mol. The van der Waals surface area contributed by atoms with Crippen LogP contribution in [-0.2, 0) is 4.79 Å². The lowest BCUT2D eigenvalue weighted by atomic mass is 10.0. The summed E-state index contributed by atoms with van der Waals surface area (Å²) in [6.45, 7) is 2.99. The number of hydrogen-bond donors (Lipinski definition) is 1. The van der Waals surface area contributed by atoms with E-state index < -0.39 is 0 Å². The summed E-state index contributed by atoms with van der Waals surface area (Å²) in [7, 11) is 1.62. The first-order chi connectivity index (χ1) is 12.6. The van der Waals surface area contributed by atoms with Crippen LogP contribution in [0.3, 0.4) is 0 Å². The molecule has 2 heterocycles. The molecule has 2 aromatic rings. The first kappa shape index (κ1) is 18.6. The lowest BCUT2D eigenvalue weighted by Crippen LogP contribution is -2.44. The second-order valence-electron chi connectivity index (χ2n) is 6.34. The first-order valence-electron chi connectivity index (χ1n) is 8.91. The highest BCUT2D eigenvalue weighted by Crippen LogP contribution is 2.25. The molecule has 0 saturated carbocycles. The number of benzene rings is 1. The summed E-state index contributed by atoms with van der Waals surface area (Å²) in [5.74, 6) is 7.94. The van der Waals surface area contributed by atoms with Gasteiger partial charge >= 0.3 is 0 Å². The number of nitrogen functional groups attached to an aromatic ring is 1. The number of methoxy groups -OCH3 is 1. The summed E-state index contributed by atoms with van der Waals surface area (Å²) in [5.41, 5.74) is 0.848. The Morgan fingerprint density at radius 3 is 2.77 bits per heavy atom. The smallest absolute Gasteiger partial charge is 0.233 e. The average Bonchev–Trinajstić information content (AvgIpc) is 3.06. The minimum absolute atomic E-state index is 0.149. The summed E-state index contributed by atoms with van der Waals surface area (Å²) in [6.07, 6.45) is 4.39. The van der Waals surface area contributed by atoms with E-state index in [-0.39, 0.29) is 5.91 Å². The van der Waals surface area contributed by atoms with Gasteiger partial charge in [-0.2, -0.15) is 0 Å². The largest absolute Gasteiger partial charge is 0.497 e. The molecule has 1 aromatic carbocycles. The molecule has 1 atom stereocenters. The number of amides is 1. The van der Waals surface area contributed by atoms with Gasteiger partial charge in [0.25, 0.3) is 0 Å². The first-order valence-corrected chi connectivity index (χ1v) is 9.89. The van der Waals surface area contributed by atoms with Crippen LogP contribution >= 0.6 is 11.8 Å². The van der Waals surface area contributed by atoms with Crippen LogP contribution in [0.5, 0.6) is 5.75 Å². The number of hydrogen-bond acceptors (Lipinski definition) is 6. The summed E-state index contributed by atoms with van der Waals surface area (Å²) in [5, 5.41) is 8.84. The van der Waals surface area contributed by atoms with E-state index in [0.717, 1.165) is 37.1 Å². The Bertz CT molecular complexity index is 747. The lowest BCUT2D eigenvalue weighted by molar-refractivity contribution is -0.132. The fraction of sp³-hybridized carbons (Fsp3) is 0.500. The summed E-state index contributed by atoms with van der Waals surface area (Å²) in [6, 6.07) is 7.82. The summed E-state index contributed by atoms with van der Waals surface area (Å²) >= 11 is 1.33. The minimum Gasteiger partial charge on any atom is -0.497 e. The zero-order valence-corrected chi connectivity index (χ0v) is 16.0. The Balaban J connectivity index is 1.65. The molecule has 1 aliphatic rings. The van der Waals surface area contributed by atoms with Crippen molar-refractivity contribution >= 4 is 17.7 Å². The molecule has 1 fully saturated rings. The molecule has 0 unspecified atom stereocenters. The standard InChI is InChI=1S/C18H25N5O2S/c1-3-14-6-4-5-11-22(14)16(24)12-26-18-21-20-17(23(18)19)13-7-9-15(25-2)10-8-13/h7-10,14H,3-6,11-12,19H2,1-2H3/t14-/m0/s1. The van der Waals surface area contributed by atoms with Crippen LogP contribution in [0.25, 0.3) is 11.4 Å². The van der Waals surface area contributed by atoms with Crippen LogP contribution in [0.2, 0.25) is 0 Å². The Kier molecular flexibility index (Phi) is 6.03. The van der Waals surface area contributed by atoms with Gasteiger partial charge in [-0.1, -0.05) is 18.7 Å². The van der Waals surface area contributed by atoms with Gasteiger partial charge in [0.1, 0.15) is 5.75 Å². The molecule has 26 heavy (non-hydrogen) atoms. The average molecular weight is 375 g/mol. The number of aromatic nitrogens is 3. The predicted molar refractivity (Wildman–Crippen MR) is 103 cm³/mol. The van der Waals surface area contributed by atoms with E-state index in [0.29, 0.717) is 22.8 Å². The maximum absolute atomic E-state index is 12.6. The molecule has 0 spiro atoms. The van der Waals surface area contributed by atoms with Crippen molar-refractivity contribution in [1.29, 1.82) is 0 Å². The van der Waals surface area contributed by atoms with Crippen LogP contribution in [0.4, 0.5) is 0 Å². The van der Waals surface area contributed by atoms with Crippen molar-refractivity contribution in [3.8, 4) is 17.1 Å². The van der Waals surface area contributed by atoms with Gasteiger partial charge in [-0.25, -0.2) is 4.68 Å². The van der Waals surface area contributed by atoms with Crippen LogP contribution in [-0.4, -0.2) is 51.1 Å². The molecule has 2 N–H and O–H groups in total. The number of rotatable bonds is 6. The highest BCUT2D eigenvalue weighted by molar-refractivity contribution is 7.99. The summed E-state index contributed by atoms with van der Waals surface area (Å²) in [4.78, 5) is 14.6. The molecule has 0 bridgehead atoms. The molecule has 1 saturated heterocycles. The van der Waals surface area contributed by atoms with Gasteiger partial charge in [-0.3, -0.25) is 4.79 Å². The fourth-order valence-corrected chi connectivity index (χ4v) is 4.02. The van der Waals surface area contributed by atoms with Crippen molar-refractivity contribution in [2.75, 3.05) is 25.3 Å². The van der Waals surface area contributed by atoms with E-state index in [2.05, 4.69) is 17.1 Å². The Morgan fingerprint density at radius 2 is 2.08 bits per heavy atom. The normalized spacial score (nSPS) is 17.3. The maximum Gasteiger partial charge on any atom is 0.233 e. The third kappa shape index (κ3) is 3.95. The Labute approximate surface area is 157 Å². The van der Waals surface area contributed by atoms with E-state index in [9.17, 15) is 4.79 Å². The maximum atomic E-state index is 12.6. The van der Waals surface area contributed by atoms with E-state index in [1.54, 1.807) is 7.11 Å². The van der Waals surface area contributed by atoms with E-state index in [1.807, 2.05) is 29.2 Å². The van der Waals surface area contributed by atoms with Crippen LogP contribution in [0.15, 0.2) is 29.4 Å². The predicted octanol–water partition coefficient (Wildman–Crippen LogP) is 2.55. The Morgan fingerprint density at radius 1 is 1.31 bits per heavy atom. The van der Waals surface area contributed by atoms with E-state index in [4.69, 9.17) is 10.6 Å². The highest BCUT2D eigenvalue weighted by Gasteiger charge is 2.25. The van der Waals surface area contributed by atoms with Crippen LogP contribution in [0, 0.1) is 0 Å². The number of nitrogens with zero attached hydrogens (tertiary/aromatic N) is 4. The van der Waals surface area contributed by atoms with Crippen molar-refractivity contribution in [2.45, 2.75) is 43.8 Å². The molecule has 140 valence electrons. The number of thioether (sulfide) groups is 1. The molecular formula is C18H25N5O2S. The van der Waals surface area contributed by atoms with Gasteiger partial charge in [-0.05, 0) is 49.9 Å².